The molecule has 0 bridgehead atoms. The SMILES string of the molecule is O=C(O)C1CCCN(c2ccc3ncccc3c2)C1. The fraction of sp³-hybridized carbons (Fsp3) is 0.333. The molecular weight excluding hydrogens is 240 g/mol. The van der Waals surface area contributed by atoms with Crippen molar-refractivity contribution in [1.29, 1.82) is 0 Å². The molecular formula is C15H16N2O2. The monoisotopic (exact) mass is 256 g/mol. The molecule has 0 spiro atoms. The molecule has 1 aromatic carbocycles. The van der Waals surface area contributed by atoms with Crippen molar-refractivity contribution in [3.05, 3.63) is 36.5 Å². The highest BCUT2D eigenvalue weighted by Gasteiger charge is 2.25. The van der Waals surface area contributed by atoms with Gasteiger partial charge in [-0.05, 0) is 37.1 Å². The third kappa shape index (κ3) is 2.38. The van der Waals surface area contributed by atoms with Gasteiger partial charge in [-0.25, -0.2) is 0 Å². The van der Waals surface area contributed by atoms with Crippen LogP contribution < -0.4 is 4.90 Å². The van der Waals surface area contributed by atoms with E-state index in [0.717, 1.165) is 36.0 Å². The van der Waals surface area contributed by atoms with Gasteiger partial charge in [0.1, 0.15) is 0 Å². The van der Waals surface area contributed by atoms with Gasteiger partial charge in [0.2, 0.25) is 0 Å². The number of benzene rings is 1. The third-order valence-corrected chi connectivity index (χ3v) is 3.72. The standard InChI is InChI=1S/C15H16N2O2/c18-15(19)12-4-2-8-17(10-12)13-5-6-14-11(9-13)3-1-7-16-14/h1,3,5-7,9,12H,2,4,8,10H2,(H,18,19). The molecule has 19 heavy (non-hydrogen) atoms. The van der Waals surface area contributed by atoms with Gasteiger partial charge in [-0.2, -0.15) is 0 Å². The summed E-state index contributed by atoms with van der Waals surface area (Å²) in [7, 11) is 0. The average molecular weight is 256 g/mol. The molecule has 0 aliphatic carbocycles. The van der Waals surface area contributed by atoms with E-state index < -0.39 is 5.97 Å². The van der Waals surface area contributed by atoms with Crippen LogP contribution in [0.5, 0.6) is 0 Å². The van der Waals surface area contributed by atoms with Gasteiger partial charge in [0.05, 0.1) is 11.4 Å². The highest BCUT2D eigenvalue weighted by molar-refractivity contribution is 5.82. The summed E-state index contributed by atoms with van der Waals surface area (Å²) >= 11 is 0. The summed E-state index contributed by atoms with van der Waals surface area (Å²) in [4.78, 5) is 17.6. The number of pyridine rings is 1. The Kier molecular flexibility index (Phi) is 3.07. The average Bonchev–Trinajstić information content (AvgIpc) is 2.47. The van der Waals surface area contributed by atoms with E-state index in [2.05, 4.69) is 16.0 Å². The minimum absolute atomic E-state index is 0.252. The largest absolute Gasteiger partial charge is 0.481 e. The Labute approximate surface area is 111 Å². The van der Waals surface area contributed by atoms with Gasteiger partial charge < -0.3 is 10.0 Å². The first-order chi connectivity index (χ1) is 9.24. The fourth-order valence-electron chi connectivity index (χ4n) is 2.67. The van der Waals surface area contributed by atoms with E-state index in [1.165, 1.54) is 0 Å². The number of carbonyl (C=O) groups is 1. The molecule has 1 fully saturated rings. The Bertz CT molecular complexity index is 612. The maximum atomic E-state index is 11.1. The summed E-state index contributed by atoms with van der Waals surface area (Å²) < 4.78 is 0. The van der Waals surface area contributed by atoms with Crippen molar-refractivity contribution in [3.8, 4) is 0 Å². The number of aromatic nitrogens is 1. The molecule has 1 N–H and O–H groups in total. The van der Waals surface area contributed by atoms with E-state index in [1.54, 1.807) is 6.20 Å². The Morgan fingerprint density at radius 1 is 1.37 bits per heavy atom. The van der Waals surface area contributed by atoms with Crippen LogP contribution in [0.1, 0.15) is 12.8 Å². The lowest BCUT2D eigenvalue weighted by atomic mass is 9.97. The van der Waals surface area contributed by atoms with E-state index in [1.807, 2.05) is 24.3 Å². The van der Waals surface area contributed by atoms with Gasteiger partial charge in [0.15, 0.2) is 0 Å². The summed E-state index contributed by atoms with van der Waals surface area (Å²) in [6, 6.07) is 10.1. The highest BCUT2D eigenvalue weighted by atomic mass is 16.4. The van der Waals surface area contributed by atoms with Crippen molar-refractivity contribution in [2.24, 2.45) is 5.92 Å². The number of nitrogens with zero attached hydrogens (tertiary/aromatic N) is 2. The van der Waals surface area contributed by atoms with Crippen LogP contribution in [0.2, 0.25) is 0 Å². The van der Waals surface area contributed by atoms with Gasteiger partial charge in [-0.15, -0.1) is 0 Å². The number of hydrogen-bond acceptors (Lipinski definition) is 3. The molecule has 3 rings (SSSR count). The maximum Gasteiger partial charge on any atom is 0.308 e. The van der Waals surface area contributed by atoms with Crippen molar-refractivity contribution >= 4 is 22.6 Å². The molecule has 1 atom stereocenters. The number of fused-ring (bicyclic) bond motifs is 1. The smallest absolute Gasteiger partial charge is 0.308 e. The van der Waals surface area contributed by atoms with Crippen molar-refractivity contribution in [2.45, 2.75) is 12.8 Å². The van der Waals surface area contributed by atoms with Gasteiger partial charge in [0.25, 0.3) is 0 Å². The van der Waals surface area contributed by atoms with Crippen LogP contribution in [0.25, 0.3) is 10.9 Å². The van der Waals surface area contributed by atoms with Crippen molar-refractivity contribution < 1.29 is 9.90 Å². The topological polar surface area (TPSA) is 53.4 Å². The Morgan fingerprint density at radius 3 is 3.11 bits per heavy atom. The number of aliphatic carboxylic acids is 1. The Morgan fingerprint density at radius 2 is 2.26 bits per heavy atom. The molecule has 4 nitrogen and oxygen atoms in total. The lowest BCUT2D eigenvalue weighted by molar-refractivity contribution is -0.141. The van der Waals surface area contributed by atoms with Crippen molar-refractivity contribution in [1.82, 2.24) is 4.98 Å². The molecule has 2 heterocycles. The summed E-state index contributed by atoms with van der Waals surface area (Å²) in [6.45, 7) is 1.52. The fourth-order valence-corrected chi connectivity index (χ4v) is 2.67. The maximum absolute atomic E-state index is 11.1. The minimum Gasteiger partial charge on any atom is -0.481 e. The van der Waals surface area contributed by atoms with E-state index in [4.69, 9.17) is 5.11 Å². The molecule has 1 aliphatic heterocycles. The molecule has 0 radical (unpaired) electrons. The number of rotatable bonds is 2. The van der Waals surface area contributed by atoms with Crippen LogP contribution in [-0.4, -0.2) is 29.1 Å². The molecule has 1 saturated heterocycles. The van der Waals surface area contributed by atoms with Crippen molar-refractivity contribution in [3.63, 3.8) is 0 Å². The Balaban J connectivity index is 1.89. The minimum atomic E-state index is -0.688. The van der Waals surface area contributed by atoms with E-state index >= 15 is 0 Å². The van der Waals surface area contributed by atoms with Crippen LogP contribution in [0.4, 0.5) is 5.69 Å². The summed E-state index contributed by atoms with van der Waals surface area (Å²) in [5.41, 5.74) is 2.06. The third-order valence-electron chi connectivity index (χ3n) is 3.72. The zero-order chi connectivity index (χ0) is 13.2. The van der Waals surface area contributed by atoms with Gasteiger partial charge >= 0.3 is 5.97 Å². The summed E-state index contributed by atoms with van der Waals surface area (Å²) in [6.07, 6.45) is 3.49. The number of anilines is 1. The van der Waals surface area contributed by atoms with Crippen LogP contribution in [0.15, 0.2) is 36.5 Å². The lowest BCUT2D eigenvalue weighted by Gasteiger charge is -2.32. The van der Waals surface area contributed by atoms with Gasteiger partial charge in [0, 0.05) is 30.4 Å². The second-order valence-corrected chi connectivity index (χ2v) is 5.00. The molecule has 1 aromatic heterocycles. The van der Waals surface area contributed by atoms with Gasteiger partial charge in [-0.1, -0.05) is 6.07 Å². The quantitative estimate of drug-likeness (QED) is 0.897. The second-order valence-electron chi connectivity index (χ2n) is 5.00. The predicted octanol–water partition coefficient (Wildman–Crippen LogP) is 2.54. The molecule has 0 saturated carbocycles. The zero-order valence-corrected chi connectivity index (χ0v) is 10.6. The van der Waals surface area contributed by atoms with Crippen LogP contribution in [0, 0.1) is 5.92 Å². The van der Waals surface area contributed by atoms with Crippen molar-refractivity contribution in [2.75, 3.05) is 18.0 Å². The van der Waals surface area contributed by atoms with Crippen LogP contribution in [-0.2, 0) is 4.79 Å². The number of carboxylic acids is 1. The first-order valence-corrected chi connectivity index (χ1v) is 6.56. The number of piperidine rings is 1. The zero-order valence-electron chi connectivity index (χ0n) is 10.6. The molecule has 4 heteroatoms. The van der Waals surface area contributed by atoms with Gasteiger partial charge in [-0.3, -0.25) is 9.78 Å². The molecule has 1 aliphatic rings. The lowest BCUT2D eigenvalue weighted by Crippen LogP contribution is -2.38. The highest BCUT2D eigenvalue weighted by Crippen LogP contribution is 2.26. The molecule has 1 unspecified atom stereocenters. The van der Waals surface area contributed by atoms with E-state index in [-0.39, 0.29) is 5.92 Å². The first kappa shape index (κ1) is 12.0. The van der Waals surface area contributed by atoms with E-state index in [9.17, 15) is 4.79 Å². The molecule has 2 aromatic rings. The summed E-state index contributed by atoms with van der Waals surface area (Å²) in [5.74, 6) is -0.939. The number of carboxylic acid groups (broad SMARTS) is 1. The summed E-state index contributed by atoms with van der Waals surface area (Å²) in [5, 5.41) is 10.2. The molecule has 98 valence electrons. The molecule has 0 amide bonds. The number of hydrogen-bond donors (Lipinski definition) is 1. The first-order valence-electron chi connectivity index (χ1n) is 6.56. The Hall–Kier alpha value is -2.10. The normalized spacial score (nSPS) is 19.6. The van der Waals surface area contributed by atoms with E-state index in [0.29, 0.717) is 6.54 Å². The predicted molar refractivity (Wildman–Crippen MR) is 74.3 cm³/mol. The van der Waals surface area contributed by atoms with Crippen LogP contribution >= 0.6 is 0 Å². The van der Waals surface area contributed by atoms with Crippen LogP contribution in [0.3, 0.4) is 0 Å². The second kappa shape index (κ2) is 4.88.